The largest absolute Gasteiger partial charge is 0.497 e. The summed E-state index contributed by atoms with van der Waals surface area (Å²) in [5, 5.41) is 3.42. The Morgan fingerprint density at radius 2 is 1.83 bits per heavy atom. The van der Waals surface area contributed by atoms with E-state index < -0.39 is 6.04 Å². The van der Waals surface area contributed by atoms with Crippen molar-refractivity contribution in [3.05, 3.63) is 59.1 Å². The molecule has 6 nitrogen and oxygen atoms in total. The maximum atomic E-state index is 13.1. The number of nitrogens with one attached hydrogen (secondary N) is 1. The van der Waals surface area contributed by atoms with E-state index in [0.29, 0.717) is 29.5 Å². The zero-order valence-electron chi connectivity index (χ0n) is 17.7. The molecule has 0 saturated carbocycles. The number of rotatable bonds is 11. The van der Waals surface area contributed by atoms with Gasteiger partial charge in [0.2, 0.25) is 5.91 Å². The van der Waals surface area contributed by atoms with Crippen LogP contribution < -0.4 is 14.8 Å². The van der Waals surface area contributed by atoms with E-state index in [0.717, 1.165) is 12.0 Å². The van der Waals surface area contributed by atoms with Gasteiger partial charge in [-0.2, -0.15) is 0 Å². The van der Waals surface area contributed by atoms with Gasteiger partial charge < -0.3 is 19.7 Å². The van der Waals surface area contributed by atoms with Crippen molar-refractivity contribution in [3.63, 3.8) is 0 Å². The molecule has 2 amide bonds. The highest BCUT2D eigenvalue weighted by atomic mass is 35.5. The minimum absolute atomic E-state index is 0.168. The number of halogens is 1. The zero-order chi connectivity index (χ0) is 21.9. The number of benzene rings is 2. The van der Waals surface area contributed by atoms with Crippen LogP contribution in [0.2, 0.25) is 5.02 Å². The second-order valence-electron chi connectivity index (χ2n) is 6.83. The van der Waals surface area contributed by atoms with Gasteiger partial charge in [-0.25, -0.2) is 0 Å². The molecule has 0 fully saturated rings. The van der Waals surface area contributed by atoms with Gasteiger partial charge in [0.15, 0.2) is 6.61 Å². The first-order chi connectivity index (χ1) is 14.5. The van der Waals surface area contributed by atoms with Gasteiger partial charge in [-0.15, -0.1) is 0 Å². The van der Waals surface area contributed by atoms with E-state index >= 15 is 0 Å². The number of amides is 2. The molecule has 0 bridgehead atoms. The second kappa shape index (κ2) is 12.1. The van der Waals surface area contributed by atoms with Crippen molar-refractivity contribution in [2.24, 2.45) is 0 Å². The first-order valence-corrected chi connectivity index (χ1v) is 10.4. The third-order valence-electron chi connectivity index (χ3n) is 4.58. The quantitative estimate of drug-likeness (QED) is 0.581. The summed E-state index contributed by atoms with van der Waals surface area (Å²) in [6.07, 6.45) is 1.31. The van der Waals surface area contributed by atoms with E-state index in [1.54, 1.807) is 36.3 Å². The van der Waals surface area contributed by atoms with Crippen molar-refractivity contribution in [2.75, 3.05) is 20.3 Å². The topological polar surface area (TPSA) is 67.9 Å². The van der Waals surface area contributed by atoms with Gasteiger partial charge in [0.25, 0.3) is 5.91 Å². The zero-order valence-corrected chi connectivity index (χ0v) is 18.4. The number of methoxy groups -OCH3 is 1. The van der Waals surface area contributed by atoms with Crippen molar-refractivity contribution in [1.29, 1.82) is 0 Å². The van der Waals surface area contributed by atoms with Crippen molar-refractivity contribution < 1.29 is 19.1 Å². The normalized spacial score (nSPS) is 11.5. The fourth-order valence-electron chi connectivity index (χ4n) is 3.04. The molecule has 2 aromatic rings. The van der Waals surface area contributed by atoms with Gasteiger partial charge in [0.1, 0.15) is 17.5 Å². The summed E-state index contributed by atoms with van der Waals surface area (Å²) in [7, 11) is 1.59. The molecule has 2 aromatic carbocycles. The SMILES string of the molecule is CCCNC(=O)C(CC)N(Cc1cccc(OC)c1)C(=O)COc1cccc(Cl)c1. The lowest BCUT2D eigenvalue weighted by atomic mass is 10.1. The average Bonchev–Trinajstić information content (AvgIpc) is 2.76. The maximum absolute atomic E-state index is 13.1. The smallest absolute Gasteiger partial charge is 0.261 e. The standard InChI is InChI=1S/C23H29ClN2O4/c1-4-12-25-23(28)21(5-2)26(15-17-8-6-10-19(13-17)29-3)22(27)16-30-20-11-7-9-18(24)14-20/h6-11,13-14,21H,4-5,12,15-16H2,1-3H3,(H,25,28). The maximum Gasteiger partial charge on any atom is 0.261 e. The molecule has 162 valence electrons. The summed E-state index contributed by atoms with van der Waals surface area (Å²) in [6.45, 7) is 4.52. The molecule has 0 aromatic heterocycles. The van der Waals surface area contributed by atoms with Crippen molar-refractivity contribution in [1.82, 2.24) is 10.2 Å². The molecule has 0 aliphatic carbocycles. The van der Waals surface area contributed by atoms with E-state index in [-0.39, 0.29) is 25.0 Å². The second-order valence-corrected chi connectivity index (χ2v) is 7.27. The lowest BCUT2D eigenvalue weighted by Crippen LogP contribution is -2.50. The van der Waals surface area contributed by atoms with Crippen LogP contribution in [-0.2, 0) is 16.1 Å². The molecule has 7 heteroatoms. The van der Waals surface area contributed by atoms with Crippen LogP contribution >= 0.6 is 11.6 Å². The number of hydrogen-bond donors (Lipinski definition) is 1. The molecular formula is C23H29ClN2O4. The van der Waals surface area contributed by atoms with Gasteiger partial charge in [0, 0.05) is 18.1 Å². The Hall–Kier alpha value is -2.73. The van der Waals surface area contributed by atoms with Crippen LogP contribution in [0.4, 0.5) is 0 Å². The highest BCUT2D eigenvalue weighted by Crippen LogP contribution is 2.19. The van der Waals surface area contributed by atoms with Crippen LogP contribution in [0.3, 0.4) is 0 Å². The summed E-state index contributed by atoms with van der Waals surface area (Å²) < 4.78 is 10.9. The Bertz CT molecular complexity index is 843. The molecule has 0 heterocycles. The fourth-order valence-corrected chi connectivity index (χ4v) is 3.22. The lowest BCUT2D eigenvalue weighted by molar-refractivity contribution is -0.143. The predicted octanol–water partition coefficient (Wildman–Crippen LogP) is 4.06. The molecule has 0 saturated heterocycles. The van der Waals surface area contributed by atoms with Crippen LogP contribution in [0.5, 0.6) is 11.5 Å². The number of carbonyl (C=O) groups is 2. The molecule has 0 aliphatic rings. The molecule has 30 heavy (non-hydrogen) atoms. The third-order valence-corrected chi connectivity index (χ3v) is 4.82. The Kier molecular flexibility index (Phi) is 9.48. The van der Waals surface area contributed by atoms with E-state index in [1.807, 2.05) is 38.1 Å². The summed E-state index contributed by atoms with van der Waals surface area (Å²) in [5.41, 5.74) is 0.868. The van der Waals surface area contributed by atoms with Crippen LogP contribution in [0.15, 0.2) is 48.5 Å². The van der Waals surface area contributed by atoms with Crippen LogP contribution in [0.25, 0.3) is 0 Å². The third kappa shape index (κ3) is 6.95. The van der Waals surface area contributed by atoms with Crippen LogP contribution in [-0.4, -0.2) is 43.0 Å². The van der Waals surface area contributed by atoms with Gasteiger partial charge in [-0.1, -0.05) is 43.6 Å². The number of ether oxygens (including phenoxy) is 2. The molecule has 1 N–H and O–H groups in total. The van der Waals surface area contributed by atoms with Gasteiger partial charge in [0.05, 0.1) is 7.11 Å². The van der Waals surface area contributed by atoms with Gasteiger partial charge >= 0.3 is 0 Å². The number of carbonyl (C=O) groups excluding carboxylic acids is 2. The minimum atomic E-state index is -0.599. The molecular weight excluding hydrogens is 404 g/mol. The number of nitrogens with zero attached hydrogens (tertiary/aromatic N) is 1. The van der Waals surface area contributed by atoms with E-state index in [9.17, 15) is 9.59 Å². The Morgan fingerprint density at radius 1 is 1.10 bits per heavy atom. The lowest BCUT2D eigenvalue weighted by Gasteiger charge is -2.30. The molecule has 2 rings (SSSR count). The summed E-state index contributed by atoms with van der Waals surface area (Å²) in [6, 6.07) is 13.7. The van der Waals surface area contributed by atoms with Gasteiger partial charge in [-0.05, 0) is 48.7 Å². The highest BCUT2D eigenvalue weighted by Gasteiger charge is 2.28. The van der Waals surface area contributed by atoms with Crippen molar-refractivity contribution in [2.45, 2.75) is 39.3 Å². The van der Waals surface area contributed by atoms with Crippen LogP contribution in [0, 0.1) is 0 Å². The summed E-state index contributed by atoms with van der Waals surface area (Å²) in [4.78, 5) is 27.4. The Labute approximate surface area is 183 Å². The first kappa shape index (κ1) is 23.5. The molecule has 1 atom stereocenters. The molecule has 0 aliphatic heterocycles. The van der Waals surface area contributed by atoms with Crippen LogP contribution in [0.1, 0.15) is 32.3 Å². The average molecular weight is 433 g/mol. The summed E-state index contributed by atoms with van der Waals surface area (Å²) >= 11 is 5.98. The Balaban J connectivity index is 2.21. The molecule has 0 radical (unpaired) electrons. The fraction of sp³-hybridized carbons (Fsp3) is 0.391. The summed E-state index contributed by atoms with van der Waals surface area (Å²) in [5.74, 6) is 0.744. The van der Waals surface area contributed by atoms with Crippen molar-refractivity contribution in [3.8, 4) is 11.5 Å². The van der Waals surface area contributed by atoms with Gasteiger partial charge in [-0.3, -0.25) is 9.59 Å². The monoisotopic (exact) mass is 432 g/mol. The highest BCUT2D eigenvalue weighted by molar-refractivity contribution is 6.30. The first-order valence-electron chi connectivity index (χ1n) is 10.1. The predicted molar refractivity (Wildman–Crippen MR) is 118 cm³/mol. The molecule has 0 spiro atoms. The minimum Gasteiger partial charge on any atom is -0.497 e. The van der Waals surface area contributed by atoms with E-state index in [2.05, 4.69) is 5.32 Å². The van der Waals surface area contributed by atoms with E-state index in [1.165, 1.54) is 0 Å². The Morgan fingerprint density at radius 3 is 2.50 bits per heavy atom. The van der Waals surface area contributed by atoms with E-state index in [4.69, 9.17) is 21.1 Å². The van der Waals surface area contributed by atoms with Crippen molar-refractivity contribution >= 4 is 23.4 Å². The molecule has 1 unspecified atom stereocenters. The number of hydrogen-bond acceptors (Lipinski definition) is 4.